The molecule has 1 N–H and O–H groups in total. The fourth-order valence-electron chi connectivity index (χ4n) is 2.70. The number of hydrogen-bond acceptors (Lipinski definition) is 7. The molecule has 0 spiro atoms. The number of nitrogens with zero attached hydrogens (tertiary/aromatic N) is 3. The summed E-state index contributed by atoms with van der Waals surface area (Å²) in [4.78, 5) is 14.4. The summed E-state index contributed by atoms with van der Waals surface area (Å²) in [5.41, 5.74) is 0.919. The molecule has 0 atom stereocenters. The van der Waals surface area contributed by atoms with E-state index < -0.39 is 14.9 Å². The summed E-state index contributed by atoms with van der Waals surface area (Å²) in [6.45, 7) is 2.15. The first-order valence-corrected chi connectivity index (χ1v) is 9.92. The van der Waals surface area contributed by atoms with Gasteiger partial charge in [-0.05, 0) is 30.2 Å². The molecule has 0 amide bonds. The molecule has 3 rings (SSSR count). The Labute approximate surface area is 157 Å². The standard InChI is InChI=1S/C17H20N4O5S/c22-21(23)15-3-6-17(19-13-15)18-8-7-14-1-4-16(5-2-14)27(24,25)20-9-11-26-12-10-20/h1-6,13H,7-12H2,(H,18,19). The quantitative estimate of drug-likeness (QED) is 0.563. The molecule has 1 aliphatic rings. The number of nitro groups is 1. The van der Waals surface area contributed by atoms with Crippen LogP contribution in [0.4, 0.5) is 11.5 Å². The first-order valence-electron chi connectivity index (χ1n) is 8.48. The third kappa shape index (κ3) is 4.79. The van der Waals surface area contributed by atoms with E-state index in [1.807, 2.05) is 0 Å². The molecule has 1 fully saturated rings. The van der Waals surface area contributed by atoms with Crippen molar-refractivity contribution in [2.24, 2.45) is 0 Å². The van der Waals surface area contributed by atoms with E-state index in [0.717, 1.165) is 5.56 Å². The van der Waals surface area contributed by atoms with Crippen molar-refractivity contribution in [1.82, 2.24) is 9.29 Å². The second-order valence-electron chi connectivity index (χ2n) is 6.00. The van der Waals surface area contributed by atoms with Crippen LogP contribution in [0.15, 0.2) is 47.5 Å². The molecule has 0 radical (unpaired) electrons. The monoisotopic (exact) mass is 392 g/mol. The minimum atomic E-state index is -3.48. The molecule has 0 unspecified atom stereocenters. The van der Waals surface area contributed by atoms with Gasteiger partial charge in [0.2, 0.25) is 10.0 Å². The third-order valence-corrected chi connectivity index (χ3v) is 6.12. The van der Waals surface area contributed by atoms with Gasteiger partial charge in [0, 0.05) is 25.7 Å². The smallest absolute Gasteiger partial charge is 0.287 e. The number of sulfonamides is 1. The van der Waals surface area contributed by atoms with Crippen LogP contribution in [0.3, 0.4) is 0 Å². The van der Waals surface area contributed by atoms with E-state index in [4.69, 9.17) is 4.74 Å². The molecule has 1 saturated heterocycles. The van der Waals surface area contributed by atoms with E-state index in [-0.39, 0.29) is 10.6 Å². The SMILES string of the molecule is O=[N+]([O-])c1ccc(NCCc2ccc(S(=O)(=O)N3CCOCC3)cc2)nc1. The molecule has 0 aliphatic carbocycles. The highest BCUT2D eigenvalue weighted by molar-refractivity contribution is 7.89. The predicted octanol–water partition coefficient (Wildman–Crippen LogP) is 1.67. The van der Waals surface area contributed by atoms with Crippen LogP contribution in [0.2, 0.25) is 0 Å². The molecule has 0 bridgehead atoms. The summed E-state index contributed by atoms with van der Waals surface area (Å²) in [5, 5.41) is 13.7. The van der Waals surface area contributed by atoms with Gasteiger partial charge in [0.1, 0.15) is 12.0 Å². The number of rotatable bonds is 7. The van der Waals surface area contributed by atoms with Gasteiger partial charge in [0.15, 0.2) is 0 Å². The Morgan fingerprint density at radius 3 is 2.44 bits per heavy atom. The largest absolute Gasteiger partial charge is 0.379 e. The maximum absolute atomic E-state index is 12.6. The van der Waals surface area contributed by atoms with Gasteiger partial charge in [0.05, 0.1) is 23.0 Å². The van der Waals surface area contributed by atoms with Crippen LogP contribution in [0, 0.1) is 10.1 Å². The second kappa shape index (κ2) is 8.42. The maximum atomic E-state index is 12.6. The Bertz CT molecular complexity index is 879. The van der Waals surface area contributed by atoms with E-state index in [1.54, 1.807) is 30.3 Å². The highest BCUT2D eigenvalue weighted by atomic mass is 32.2. The van der Waals surface area contributed by atoms with Gasteiger partial charge in [-0.15, -0.1) is 0 Å². The molecule has 27 heavy (non-hydrogen) atoms. The topological polar surface area (TPSA) is 115 Å². The predicted molar refractivity (Wildman–Crippen MR) is 99.1 cm³/mol. The fourth-order valence-corrected chi connectivity index (χ4v) is 4.11. The average Bonchev–Trinajstić information content (AvgIpc) is 2.69. The lowest BCUT2D eigenvalue weighted by atomic mass is 10.1. The summed E-state index contributed by atoms with van der Waals surface area (Å²) >= 11 is 0. The molecule has 9 nitrogen and oxygen atoms in total. The van der Waals surface area contributed by atoms with Crippen molar-refractivity contribution in [3.63, 3.8) is 0 Å². The van der Waals surface area contributed by atoms with E-state index in [1.165, 1.54) is 16.6 Å². The zero-order chi connectivity index (χ0) is 19.3. The van der Waals surface area contributed by atoms with Crippen LogP contribution < -0.4 is 5.32 Å². The van der Waals surface area contributed by atoms with Crippen LogP contribution in [-0.4, -0.2) is 55.5 Å². The number of anilines is 1. The Morgan fingerprint density at radius 2 is 1.85 bits per heavy atom. The van der Waals surface area contributed by atoms with Crippen LogP contribution in [-0.2, 0) is 21.2 Å². The van der Waals surface area contributed by atoms with Crippen LogP contribution >= 0.6 is 0 Å². The van der Waals surface area contributed by atoms with Crippen LogP contribution in [0.1, 0.15) is 5.56 Å². The first kappa shape index (κ1) is 19.2. The number of pyridine rings is 1. The third-order valence-electron chi connectivity index (χ3n) is 4.21. The molecule has 10 heteroatoms. The number of benzene rings is 1. The van der Waals surface area contributed by atoms with Crippen molar-refractivity contribution in [3.05, 3.63) is 58.3 Å². The van der Waals surface area contributed by atoms with Gasteiger partial charge in [0.25, 0.3) is 5.69 Å². The summed E-state index contributed by atoms with van der Waals surface area (Å²) in [6, 6.07) is 9.75. The van der Waals surface area contributed by atoms with Crippen molar-refractivity contribution in [2.45, 2.75) is 11.3 Å². The lowest BCUT2D eigenvalue weighted by Crippen LogP contribution is -2.40. The fraction of sp³-hybridized carbons (Fsp3) is 0.353. The lowest BCUT2D eigenvalue weighted by Gasteiger charge is -2.26. The first-order chi connectivity index (χ1) is 13.0. The summed E-state index contributed by atoms with van der Waals surface area (Å²) < 4.78 is 31.8. The van der Waals surface area contributed by atoms with Crippen molar-refractivity contribution in [1.29, 1.82) is 0 Å². The average molecular weight is 392 g/mol. The minimum absolute atomic E-state index is 0.0578. The Balaban J connectivity index is 1.55. The lowest BCUT2D eigenvalue weighted by molar-refractivity contribution is -0.385. The maximum Gasteiger partial charge on any atom is 0.287 e. The van der Waals surface area contributed by atoms with E-state index in [9.17, 15) is 18.5 Å². The van der Waals surface area contributed by atoms with Gasteiger partial charge >= 0.3 is 0 Å². The van der Waals surface area contributed by atoms with Gasteiger partial charge in [-0.25, -0.2) is 13.4 Å². The number of hydrogen-bond donors (Lipinski definition) is 1. The van der Waals surface area contributed by atoms with E-state index in [0.29, 0.717) is 45.1 Å². The number of morpholine rings is 1. The van der Waals surface area contributed by atoms with Gasteiger partial charge in [-0.1, -0.05) is 12.1 Å². The van der Waals surface area contributed by atoms with Crippen LogP contribution in [0.5, 0.6) is 0 Å². The van der Waals surface area contributed by atoms with Crippen molar-refractivity contribution in [3.8, 4) is 0 Å². The van der Waals surface area contributed by atoms with E-state index >= 15 is 0 Å². The Hall–Kier alpha value is -2.56. The summed E-state index contributed by atoms with van der Waals surface area (Å²) in [6.07, 6.45) is 1.87. The molecule has 144 valence electrons. The van der Waals surface area contributed by atoms with Crippen molar-refractivity contribution < 1.29 is 18.1 Å². The van der Waals surface area contributed by atoms with Gasteiger partial charge in [-0.3, -0.25) is 10.1 Å². The summed E-state index contributed by atoms with van der Waals surface area (Å²) in [5.74, 6) is 0.548. The van der Waals surface area contributed by atoms with Crippen molar-refractivity contribution >= 4 is 21.5 Å². The van der Waals surface area contributed by atoms with Crippen LogP contribution in [0.25, 0.3) is 0 Å². The highest BCUT2D eigenvalue weighted by Crippen LogP contribution is 2.18. The van der Waals surface area contributed by atoms with Gasteiger partial charge < -0.3 is 10.1 Å². The molecular formula is C17H20N4O5S. The molecule has 0 saturated carbocycles. The zero-order valence-corrected chi connectivity index (χ0v) is 15.4. The molecule has 2 heterocycles. The Kier molecular flexibility index (Phi) is 5.99. The van der Waals surface area contributed by atoms with Gasteiger partial charge in [-0.2, -0.15) is 4.31 Å². The highest BCUT2D eigenvalue weighted by Gasteiger charge is 2.25. The molecule has 1 aromatic heterocycles. The molecular weight excluding hydrogens is 372 g/mol. The summed E-state index contributed by atoms with van der Waals surface area (Å²) in [7, 11) is -3.48. The second-order valence-corrected chi connectivity index (χ2v) is 7.93. The molecule has 2 aromatic rings. The van der Waals surface area contributed by atoms with E-state index in [2.05, 4.69) is 10.3 Å². The number of nitrogens with one attached hydrogen (secondary N) is 1. The Morgan fingerprint density at radius 1 is 1.15 bits per heavy atom. The zero-order valence-electron chi connectivity index (χ0n) is 14.6. The minimum Gasteiger partial charge on any atom is -0.379 e. The normalized spacial score (nSPS) is 15.4. The van der Waals surface area contributed by atoms with Crippen molar-refractivity contribution in [2.75, 3.05) is 38.2 Å². The number of aromatic nitrogens is 1. The number of ether oxygens (including phenoxy) is 1. The molecule has 1 aliphatic heterocycles. The molecule has 1 aromatic carbocycles.